The number of nitrogens with one attached hydrogen (secondary N) is 1. The van der Waals surface area contributed by atoms with Crippen molar-refractivity contribution in [3.05, 3.63) is 39.2 Å². The van der Waals surface area contributed by atoms with E-state index in [1.807, 2.05) is 24.3 Å². The summed E-state index contributed by atoms with van der Waals surface area (Å²) in [6.07, 6.45) is 0. The lowest BCUT2D eigenvalue weighted by atomic mass is 10.1. The molecule has 0 unspecified atom stereocenters. The molecule has 0 radical (unpaired) electrons. The van der Waals surface area contributed by atoms with E-state index in [0.717, 1.165) is 34.4 Å². The van der Waals surface area contributed by atoms with E-state index >= 15 is 0 Å². The molecule has 1 heterocycles. The topological polar surface area (TPSA) is 34.1 Å². The van der Waals surface area contributed by atoms with Crippen molar-refractivity contribution < 1.29 is 4.74 Å². The van der Waals surface area contributed by atoms with E-state index in [-0.39, 0.29) is 0 Å². The molecule has 0 saturated heterocycles. The van der Waals surface area contributed by atoms with E-state index in [9.17, 15) is 0 Å². The molecule has 0 bridgehead atoms. The van der Waals surface area contributed by atoms with E-state index in [1.54, 1.807) is 18.4 Å². The van der Waals surface area contributed by atoms with Gasteiger partial charge in [0.1, 0.15) is 5.01 Å². The summed E-state index contributed by atoms with van der Waals surface area (Å²) >= 11 is 7.74. The second-order valence-corrected chi connectivity index (χ2v) is 5.92. The van der Waals surface area contributed by atoms with Gasteiger partial charge >= 0.3 is 0 Å². The predicted molar refractivity (Wildman–Crippen MR) is 80.9 cm³/mol. The maximum atomic E-state index is 6.02. The lowest BCUT2D eigenvalue weighted by Gasteiger charge is -2.00. The number of hydrogen-bond donors (Lipinski definition) is 1. The number of rotatable bonds is 6. The number of benzene rings is 1. The van der Waals surface area contributed by atoms with Crippen LogP contribution < -0.4 is 5.32 Å². The van der Waals surface area contributed by atoms with Gasteiger partial charge in [-0.05, 0) is 19.1 Å². The minimum atomic E-state index is 0.714. The van der Waals surface area contributed by atoms with E-state index in [2.05, 4.69) is 17.2 Å². The molecule has 0 aliphatic heterocycles. The molecule has 5 heteroatoms. The third kappa shape index (κ3) is 4.01. The van der Waals surface area contributed by atoms with Gasteiger partial charge < -0.3 is 10.1 Å². The highest BCUT2D eigenvalue weighted by atomic mass is 35.5. The number of aromatic nitrogens is 1. The number of ether oxygens (including phenoxy) is 1. The molecule has 1 aromatic heterocycles. The van der Waals surface area contributed by atoms with Gasteiger partial charge in [-0.3, -0.25) is 0 Å². The van der Waals surface area contributed by atoms with Gasteiger partial charge in [0.25, 0.3) is 0 Å². The Bertz CT molecular complexity index is 542. The Morgan fingerprint density at radius 2 is 2.26 bits per heavy atom. The average molecular weight is 297 g/mol. The smallest absolute Gasteiger partial charge is 0.107 e. The number of halogens is 1. The fraction of sp³-hybridized carbons (Fsp3) is 0.357. The largest absolute Gasteiger partial charge is 0.383 e. The molecule has 3 nitrogen and oxygen atoms in total. The Labute approximate surface area is 122 Å². The SMILES string of the molecule is COCCNCc1nc(-c2cccc(Cl)c2)c(C)s1. The Hall–Kier alpha value is -0.940. The van der Waals surface area contributed by atoms with E-state index < -0.39 is 0 Å². The quantitative estimate of drug-likeness (QED) is 0.828. The summed E-state index contributed by atoms with van der Waals surface area (Å²) in [7, 11) is 1.70. The third-order valence-corrected chi connectivity index (χ3v) is 3.90. The number of methoxy groups -OCH3 is 1. The number of thiazole rings is 1. The molecule has 0 fully saturated rings. The predicted octanol–water partition coefficient (Wildman–Crippen LogP) is 3.51. The van der Waals surface area contributed by atoms with Crippen LogP contribution >= 0.6 is 22.9 Å². The molecule has 0 spiro atoms. The van der Waals surface area contributed by atoms with E-state index in [1.165, 1.54) is 4.88 Å². The van der Waals surface area contributed by atoms with E-state index in [0.29, 0.717) is 6.61 Å². The van der Waals surface area contributed by atoms with Gasteiger partial charge in [0.05, 0.1) is 12.3 Å². The summed E-state index contributed by atoms with van der Waals surface area (Å²) in [5.74, 6) is 0. The molecule has 19 heavy (non-hydrogen) atoms. The third-order valence-electron chi connectivity index (χ3n) is 2.70. The zero-order valence-corrected chi connectivity index (χ0v) is 12.6. The van der Waals surface area contributed by atoms with Crippen molar-refractivity contribution in [1.29, 1.82) is 0 Å². The highest BCUT2D eigenvalue weighted by Crippen LogP contribution is 2.28. The maximum absolute atomic E-state index is 6.02. The van der Waals surface area contributed by atoms with Crippen LogP contribution in [-0.4, -0.2) is 25.2 Å². The Morgan fingerprint density at radius 3 is 3.00 bits per heavy atom. The van der Waals surface area contributed by atoms with Crippen molar-refractivity contribution in [2.75, 3.05) is 20.3 Å². The first-order chi connectivity index (χ1) is 9.20. The second-order valence-electron chi connectivity index (χ2n) is 4.19. The molecule has 2 rings (SSSR count). The molecule has 1 N–H and O–H groups in total. The minimum absolute atomic E-state index is 0.714. The Morgan fingerprint density at radius 1 is 1.42 bits per heavy atom. The zero-order valence-electron chi connectivity index (χ0n) is 11.1. The van der Waals surface area contributed by atoms with Crippen LogP contribution in [0.5, 0.6) is 0 Å². The molecule has 102 valence electrons. The van der Waals surface area contributed by atoms with Crippen LogP contribution in [0.15, 0.2) is 24.3 Å². The van der Waals surface area contributed by atoms with Crippen LogP contribution in [0.4, 0.5) is 0 Å². The molecular formula is C14H17ClN2OS. The van der Waals surface area contributed by atoms with Gasteiger partial charge in [-0.15, -0.1) is 11.3 Å². The van der Waals surface area contributed by atoms with Gasteiger partial charge in [0, 0.05) is 35.7 Å². The van der Waals surface area contributed by atoms with Crippen LogP contribution in [-0.2, 0) is 11.3 Å². The maximum Gasteiger partial charge on any atom is 0.107 e. The fourth-order valence-corrected chi connectivity index (χ4v) is 2.92. The van der Waals surface area contributed by atoms with Gasteiger partial charge in [0.2, 0.25) is 0 Å². The molecule has 0 atom stereocenters. The monoisotopic (exact) mass is 296 g/mol. The van der Waals surface area contributed by atoms with Crippen LogP contribution in [0.2, 0.25) is 5.02 Å². The van der Waals surface area contributed by atoms with Gasteiger partial charge in [-0.2, -0.15) is 0 Å². The molecule has 0 saturated carbocycles. The first-order valence-electron chi connectivity index (χ1n) is 6.12. The number of hydrogen-bond acceptors (Lipinski definition) is 4. The summed E-state index contributed by atoms with van der Waals surface area (Å²) in [5.41, 5.74) is 2.10. The average Bonchev–Trinajstić information content (AvgIpc) is 2.76. The number of aryl methyl sites for hydroxylation is 1. The molecule has 1 aromatic carbocycles. The van der Waals surface area contributed by atoms with Crippen molar-refractivity contribution in [1.82, 2.24) is 10.3 Å². The summed E-state index contributed by atoms with van der Waals surface area (Å²) in [6, 6.07) is 7.81. The molecule has 0 amide bonds. The second kappa shape index (κ2) is 7.01. The van der Waals surface area contributed by atoms with E-state index in [4.69, 9.17) is 16.3 Å². The van der Waals surface area contributed by atoms with Crippen LogP contribution in [0.25, 0.3) is 11.3 Å². The zero-order chi connectivity index (χ0) is 13.7. The highest BCUT2D eigenvalue weighted by molar-refractivity contribution is 7.12. The summed E-state index contributed by atoms with van der Waals surface area (Å²) in [4.78, 5) is 5.89. The van der Waals surface area contributed by atoms with Crippen molar-refractivity contribution in [3.8, 4) is 11.3 Å². The summed E-state index contributed by atoms with van der Waals surface area (Å²) in [5, 5.41) is 5.13. The van der Waals surface area contributed by atoms with Crippen molar-refractivity contribution in [3.63, 3.8) is 0 Å². The van der Waals surface area contributed by atoms with Gasteiger partial charge in [-0.25, -0.2) is 4.98 Å². The first-order valence-corrected chi connectivity index (χ1v) is 7.32. The van der Waals surface area contributed by atoms with Crippen LogP contribution in [0.1, 0.15) is 9.88 Å². The normalized spacial score (nSPS) is 10.9. The number of nitrogens with zero attached hydrogens (tertiary/aromatic N) is 1. The summed E-state index contributed by atoms with van der Waals surface area (Å²) < 4.78 is 5.00. The highest BCUT2D eigenvalue weighted by Gasteiger charge is 2.09. The fourth-order valence-electron chi connectivity index (χ4n) is 1.80. The van der Waals surface area contributed by atoms with Crippen LogP contribution in [0.3, 0.4) is 0 Å². The van der Waals surface area contributed by atoms with Crippen molar-refractivity contribution in [2.45, 2.75) is 13.5 Å². The Kier molecular flexibility index (Phi) is 5.34. The van der Waals surface area contributed by atoms with Gasteiger partial charge in [0.15, 0.2) is 0 Å². The minimum Gasteiger partial charge on any atom is -0.383 e. The lowest BCUT2D eigenvalue weighted by molar-refractivity contribution is 0.199. The molecule has 0 aliphatic carbocycles. The lowest BCUT2D eigenvalue weighted by Crippen LogP contribution is -2.18. The molecule has 2 aromatic rings. The van der Waals surface area contributed by atoms with Crippen molar-refractivity contribution >= 4 is 22.9 Å². The first kappa shape index (κ1) is 14.5. The molecule has 0 aliphatic rings. The standard InChI is InChI=1S/C14H17ClN2OS/c1-10-14(11-4-3-5-12(15)8-11)17-13(19-10)9-16-6-7-18-2/h3-5,8,16H,6-7,9H2,1-2H3. The summed E-state index contributed by atoms with van der Waals surface area (Å²) in [6.45, 7) is 4.41. The van der Waals surface area contributed by atoms with Crippen molar-refractivity contribution in [2.24, 2.45) is 0 Å². The van der Waals surface area contributed by atoms with Crippen LogP contribution in [0, 0.1) is 6.92 Å². The van der Waals surface area contributed by atoms with Gasteiger partial charge in [-0.1, -0.05) is 23.7 Å². The molecular weight excluding hydrogens is 280 g/mol. The Balaban J connectivity index is 2.08.